The number of nitriles is 1. The van der Waals surface area contributed by atoms with Gasteiger partial charge < -0.3 is 5.73 Å². The van der Waals surface area contributed by atoms with Crippen molar-refractivity contribution in [1.29, 1.82) is 5.26 Å². The quantitative estimate of drug-likeness (QED) is 0.858. The van der Waals surface area contributed by atoms with Crippen LogP contribution in [0.4, 0.5) is 5.00 Å². The molecule has 0 spiro atoms. The van der Waals surface area contributed by atoms with Gasteiger partial charge in [0.1, 0.15) is 11.1 Å². The van der Waals surface area contributed by atoms with Gasteiger partial charge in [0, 0.05) is 11.3 Å². The van der Waals surface area contributed by atoms with Gasteiger partial charge in [-0.15, -0.1) is 11.3 Å². The van der Waals surface area contributed by atoms with Crippen LogP contribution in [-0.2, 0) is 6.42 Å². The number of nitrogens with zero attached hydrogens (tertiary/aromatic N) is 1. The molecule has 16 heavy (non-hydrogen) atoms. The number of thiophene rings is 1. The first-order valence-corrected chi connectivity index (χ1v) is 5.85. The third kappa shape index (κ3) is 1.93. The summed E-state index contributed by atoms with van der Waals surface area (Å²) in [6, 6.07) is 12.4. The molecule has 0 saturated carbocycles. The Hall–Kier alpha value is -1.79. The van der Waals surface area contributed by atoms with Crippen LogP contribution in [-0.4, -0.2) is 0 Å². The highest BCUT2D eigenvalue weighted by molar-refractivity contribution is 7.16. The molecule has 1 aromatic heterocycles. The molecule has 2 N–H and O–H groups in total. The van der Waals surface area contributed by atoms with Crippen LogP contribution in [0.5, 0.6) is 0 Å². The minimum atomic E-state index is 0.630. The number of nitrogen functional groups attached to an aromatic ring is 1. The van der Waals surface area contributed by atoms with Crippen molar-refractivity contribution in [3.8, 4) is 6.07 Å². The van der Waals surface area contributed by atoms with Crippen molar-refractivity contribution < 1.29 is 0 Å². The highest BCUT2D eigenvalue weighted by atomic mass is 32.1. The summed E-state index contributed by atoms with van der Waals surface area (Å²) in [7, 11) is 0. The van der Waals surface area contributed by atoms with Crippen molar-refractivity contribution in [2.24, 2.45) is 0 Å². The zero-order valence-corrected chi connectivity index (χ0v) is 9.84. The van der Waals surface area contributed by atoms with Crippen LogP contribution < -0.4 is 5.73 Å². The Morgan fingerprint density at radius 3 is 2.56 bits per heavy atom. The zero-order valence-electron chi connectivity index (χ0n) is 9.03. The summed E-state index contributed by atoms with van der Waals surface area (Å²) in [5.41, 5.74) is 8.71. The van der Waals surface area contributed by atoms with Crippen LogP contribution in [0.25, 0.3) is 0 Å². The fourth-order valence-electron chi connectivity index (χ4n) is 1.67. The molecule has 2 rings (SSSR count). The lowest BCUT2D eigenvalue weighted by atomic mass is 10.1. The van der Waals surface area contributed by atoms with Gasteiger partial charge in [-0.3, -0.25) is 0 Å². The van der Waals surface area contributed by atoms with E-state index in [9.17, 15) is 0 Å². The van der Waals surface area contributed by atoms with Crippen LogP contribution in [0.1, 0.15) is 21.6 Å². The second kappa shape index (κ2) is 4.38. The van der Waals surface area contributed by atoms with E-state index in [1.54, 1.807) is 0 Å². The summed E-state index contributed by atoms with van der Waals surface area (Å²) in [5.74, 6) is 0. The molecular formula is C13H12N2S. The zero-order chi connectivity index (χ0) is 11.5. The smallest absolute Gasteiger partial charge is 0.104 e. The summed E-state index contributed by atoms with van der Waals surface area (Å²) < 4.78 is 0. The highest BCUT2D eigenvalue weighted by Crippen LogP contribution is 2.31. The monoisotopic (exact) mass is 228 g/mol. The third-order valence-corrected chi connectivity index (χ3v) is 3.71. The maximum atomic E-state index is 8.96. The predicted molar refractivity (Wildman–Crippen MR) is 67.4 cm³/mol. The molecule has 0 saturated heterocycles. The molecule has 0 atom stereocenters. The largest absolute Gasteiger partial charge is 0.389 e. The van der Waals surface area contributed by atoms with Gasteiger partial charge in [0.25, 0.3) is 0 Å². The second-order valence-electron chi connectivity index (χ2n) is 3.66. The average molecular weight is 228 g/mol. The fraction of sp³-hybridized carbons (Fsp3) is 0.154. The summed E-state index contributed by atoms with van der Waals surface area (Å²) >= 11 is 1.52. The molecule has 0 aliphatic rings. The maximum absolute atomic E-state index is 8.96. The molecule has 0 fully saturated rings. The number of hydrogen-bond acceptors (Lipinski definition) is 3. The first-order chi connectivity index (χ1) is 7.72. The predicted octanol–water partition coefficient (Wildman–Crippen LogP) is 3.10. The maximum Gasteiger partial charge on any atom is 0.104 e. The van der Waals surface area contributed by atoms with Gasteiger partial charge in [0.2, 0.25) is 0 Å². The van der Waals surface area contributed by atoms with E-state index in [2.05, 4.69) is 18.2 Å². The Labute approximate surface area is 99.0 Å². The van der Waals surface area contributed by atoms with Gasteiger partial charge in [0.15, 0.2) is 0 Å². The minimum absolute atomic E-state index is 0.630. The SMILES string of the molecule is Cc1c(Cc2ccccc2)sc(N)c1C#N. The summed E-state index contributed by atoms with van der Waals surface area (Å²) in [6.45, 7) is 1.96. The second-order valence-corrected chi connectivity index (χ2v) is 4.80. The van der Waals surface area contributed by atoms with Gasteiger partial charge in [-0.25, -0.2) is 0 Å². The Balaban J connectivity index is 2.34. The van der Waals surface area contributed by atoms with E-state index < -0.39 is 0 Å². The summed E-state index contributed by atoms with van der Waals surface area (Å²) in [5, 5.41) is 9.59. The topological polar surface area (TPSA) is 49.8 Å². The summed E-state index contributed by atoms with van der Waals surface area (Å²) in [4.78, 5) is 1.18. The standard InChI is InChI=1S/C13H12N2S/c1-9-11(8-14)13(15)16-12(9)7-10-5-3-2-4-6-10/h2-6H,7,15H2,1H3. The molecule has 3 heteroatoms. The molecule has 80 valence electrons. The lowest BCUT2D eigenvalue weighted by Crippen LogP contribution is -1.87. The fourth-order valence-corrected chi connectivity index (χ4v) is 2.73. The molecule has 0 bridgehead atoms. The van der Waals surface area contributed by atoms with E-state index in [0.717, 1.165) is 12.0 Å². The van der Waals surface area contributed by atoms with Crippen LogP contribution in [0.2, 0.25) is 0 Å². The van der Waals surface area contributed by atoms with Crippen LogP contribution >= 0.6 is 11.3 Å². The van der Waals surface area contributed by atoms with Crippen molar-refractivity contribution in [2.75, 3.05) is 5.73 Å². The number of nitrogens with two attached hydrogens (primary N) is 1. The Bertz CT molecular complexity index is 535. The first kappa shape index (κ1) is 10.7. The van der Waals surface area contributed by atoms with Crippen molar-refractivity contribution in [1.82, 2.24) is 0 Å². The van der Waals surface area contributed by atoms with Crippen LogP contribution in [0, 0.1) is 18.3 Å². The number of benzene rings is 1. The molecule has 0 unspecified atom stereocenters. The van der Waals surface area contributed by atoms with Crippen molar-refractivity contribution in [3.05, 3.63) is 51.9 Å². The van der Waals surface area contributed by atoms with Crippen molar-refractivity contribution in [2.45, 2.75) is 13.3 Å². The number of rotatable bonds is 2. The van der Waals surface area contributed by atoms with Gasteiger partial charge in [0.05, 0.1) is 5.56 Å². The Morgan fingerprint density at radius 1 is 1.31 bits per heavy atom. The first-order valence-electron chi connectivity index (χ1n) is 5.04. The Kier molecular flexibility index (Phi) is 2.93. The highest BCUT2D eigenvalue weighted by Gasteiger charge is 2.12. The molecule has 0 aliphatic carbocycles. The van der Waals surface area contributed by atoms with Gasteiger partial charge in [-0.05, 0) is 18.1 Å². The molecule has 0 amide bonds. The number of anilines is 1. The van der Waals surface area contributed by atoms with E-state index in [1.807, 2.05) is 25.1 Å². The third-order valence-electron chi connectivity index (χ3n) is 2.59. The van der Waals surface area contributed by atoms with Gasteiger partial charge in [-0.1, -0.05) is 30.3 Å². The van der Waals surface area contributed by atoms with E-state index >= 15 is 0 Å². The van der Waals surface area contributed by atoms with Crippen molar-refractivity contribution in [3.63, 3.8) is 0 Å². The van der Waals surface area contributed by atoms with Crippen molar-refractivity contribution >= 4 is 16.3 Å². The average Bonchev–Trinajstić information content (AvgIpc) is 2.55. The van der Waals surface area contributed by atoms with E-state index in [0.29, 0.717) is 10.6 Å². The molecule has 1 heterocycles. The lowest BCUT2D eigenvalue weighted by Gasteiger charge is -1.99. The van der Waals surface area contributed by atoms with E-state index in [4.69, 9.17) is 11.0 Å². The molecule has 0 radical (unpaired) electrons. The van der Waals surface area contributed by atoms with Crippen LogP contribution in [0.15, 0.2) is 30.3 Å². The van der Waals surface area contributed by atoms with E-state index in [1.165, 1.54) is 21.8 Å². The molecule has 0 aliphatic heterocycles. The molecule has 2 aromatic rings. The molecule has 2 nitrogen and oxygen atoms in total. The minimum Gasteiger partial charge on any atom is -0.389 e. The molecule has 1 aromatic carbocycles. The summed E-state index contributed by atoms with van der Waals surface area (Å²) in [6.07, 6.45) is 0.850. The normalized spacial score (nSPS) is 10.0. The van der Waals surface area contributed by atoms with Gasteiger partial charge >= 0.3 is 0 Å². The molecular weight excluding hydrogens is 216 g/mol. The Morgan fingerprint density at radius 2 is 2.00 bits per heavy atom. The number of hydrogen-bond donors (Lipinski definition) is 1. The lowest BCUT2D eigenvalue weighted by molar-refractivity contribution is 1.20. The van der Waals surface area contributed by atoms with E-state index in [-0.39, 0.29) is 0 Å². The van der Waals surface area contributed by atoms with Gasteiger partial charge in [-0.2, -0.15) is 5.26 Å². The van der Waals surface area contributed by atoms with Crippen LogP contribution in [0.3, 0.4) is 0 Å².